The van der Waals surface area contributed by atoms with Gasteiger partial charge in [-0.05, 0) is 31.0 Å². The summed E-state index contributed by atoms with van der Waals surface area (Å²) in [6.45, 7) is 3.77. The number of nitrogens with one attached hydrogen (secondary N) is 1. The molecule has 1 atom stereocenters. The number of benzene rings is 2. The van der Waals surface area contributed by atoms with Crippen LogP contribution in [0.4, 0.5) is 11.4 Å². The van der Waals surface area contributed by atoms with Gasteiger partial charge in [-0.3, -0.25) is 10.1 Å². The van der Waals surface area contributed by atoms with E-state index < -0.39 is 0 Å². The maximum atomic E-state index is 11.0. The summed E-state index contributed by atoms with van der Waals surface area (Å²) >= 11 is 0. The van der Waals surface area contributed by atoms with Crippen LogP contribution in [0.2, 0.25) is 0 Å². The van der Waals surface area contributed by atoms with Crippen LogP contribution in [0.25, 0.3) is 0 Å². The normalized spacial score (nSPS) is 11.9. The number of rotatable bonds is 7. The van der Waals surface area contributed by atoms with E-state index in [4.69, 9.17) is 4.52 Å². The van der Waals surface area contributed by atoms with E-state index in [1.54, 1.807) is 19.1 Å². The zero-order valence-corrected chi connectivity index (χ0v) is 14.7. The van der Waals surface area contributed by atoms with E-state index in [2.05, 4.69) is 22.4 Å². The molecule has 1 unspecified atom stereocenters. The molecule has 0 saturated carbocycles. The van der Waals surface area contributed by atoms with Crippen LogP contribution < -0.4 is 5.32 Å². The van der Waals surface area contributed by atoms with E-state index in [0.29, 0.717) is 17.3 Å². The highest BCUT2D eigenvalue weighted by molar-refractivity contribution is 5.55. The lowest BCUT2D eigenvalue weighted by Gasteiger charge is -2.17. The predicted octanol–water partition coefficient (Wildman–Crippen LogP) is 4.44. The van der Waals surface area contributed by atoms with Gasteiger partial charge in [-0.25, -0.2) is 0 Å². The summed E-state index contributed by atoms with van der Waals surface area (Å²) in [5, 5.41) is 18.5. The number of hydrogen-bond donors (Lipinski definition) is 1. The summed E-state index contributed by atoms with van der Waals surface area (Å²) in [5.74, 6) is 1.14. The second-order valence-electron chi connectivity index (χ2n) is 6.04. The van der Waals surface area contributed by atoms with Crippen molar-refractivity contribution in [2.75, 3.05) is 5.32 Å². The first-order valence-electron chi connectivity index (χ1n) is 8.47. The molecule has 7 nitrogen and oxygen atoms in total. The van der Waals surface area contributed by atoms with Gasteiger partial charge in [0.05, 0.1) is 4.92 Å². The monoisotopic (exact) mass is 352 g/mol. The molecule has 0 spiro atoms. The molecule has 1 heterocycles. The van der Waals surface area contributed by atoms with E-state index >= 15 is 0 Å². The van der Waals surface area contributed by atoms with Gasteiger partial charge in [0.25, 0.3) is 5.69 Å². The molecular formula is C19H20N4O3. The highest BCUT2D eigenvalue weighted by Gasteiger charge is 2.21. The maximum absolute atomic E-state index is 11.0. The van der Waals surface area contributed by atoms with E-state index in [1.165, 1.54) is 6.07 Å². The molecule has 7 heteroatoms. The second kappa shape index (κ2) is 7.77. The fourth-order valence-corrected chi connectivity index (χ4v) is 2.76. The molecule has 0 radical (unpaired) electrons. The average Bonchev–Trinajstić information content (AvgIpc) is 3.09. The molecule has 3 aromatic rings. The Balaban J connectivity index is 1.93. The first-order valence-corrected chi connectivity index (χ1v) is 8.47. The van der Waals surface area contributed by atoms with Crippen molar-refractivity contribution >= 4 is 11.4 Å². The molecule has 0 amide bonds. The number of aromatic nitrogens is 2. The van der Waals surface area contributed by atoms with Gasteiger partial charge in [0.2, 0.25) is 5.89 Å². The van der Waals surface area contributed by atoms with Crippen molar-refractivity contribution in [2.45, 2.75) is 32.7 Å². The summed E-state index contributed by atoms with van der Waals surface area (Å²) in [5.41, 5.74) is 2.42. The lowest BCUT2D eigenvalue weighted by molar-refractivity contribution is -0.385. The van der Waals surface area contributed by atoms with E-state index in [-0.39, 0.29) is 16.7 Å². The number of anilines is 1. The zero-order valence-electron chi connectivity index (χ0n) is 14.7. The van der Waals surface area contributed by atoms with Gasteiger partial charge in [0.1, 0.15) is 6.04 Å². The molecule has 134 valence electrons. The summed E-state index contributed by atoms with van der Waals surface area (Å²) in [6.07, 6.45) is 1.65. The molecule has 0 aliphatic rings. The Morgan fingerprint density at radius 1 is 1.23 bits per heavy atom. The largest absolute Gasteiger partial charge is 0.371 e. The molecular weight excluding hydrogens is 332 g/mol. The summed E-state index contributed by atoms with van der Waals surface area (Å²) in [6, 6.07) is 14.4. The Labute approximate surface area is 151 Å². The summed E-state index contributed by atoms with van der Waals surface area (Å²) < 4.78 is 5.33. The molecule has 0 bridgehead atoms. The second-order valence-corrected chi connectivity index (χ2v) is 6.04. The molecule has 1 N–H and O–H groups in total. The van der Waals surface area contributed by atoms with Crippen molar-refractivity contribution in [3.8, 4) is 0 Å². The van der Waals surface area contributed by atoms with Gasteiger partial charge >= 0.3 is 0 Å². The minimum atomic E-state index is -0.385. The van der Waals surface area contributed by atoms with Gasteiger partial charge in [-0.1, -0.05) is 42.4 Å². The third-order valence-corrected chi connectivity index (χ3v) is 4.04. The predicted molar refractivity (Wildman–Crippen MR) is 98.0 cm³/mol. The van der Waals surface area contributed by atoms with Crippen molar-refractivity contribution in [1.82, 2.24) is 10.1 Å². The lowest BCUT2D eigenvalue weighted by Crippen LogP contribution is -2.14. The number of nitrogens with zero attached hydrogens (tertiary/aromatic N) is 3. The highest BCUT2D eigenvalue weighted by atomic mass is 16.6. The molecule has 0 aliphatic heterocycles. The van der Waals surface area contributed by atoms with Crippen LogP contribution >= 0.6 is 0 Å². The van der Waals surface area contributed by atoms with Gasteiger partial charge < -0.3 is 9.84 Å². The van der Waals surface area contributed by atoms with Crippen LogP contribution in [0.1, 0.15) is 42.2 Å². The molecule has 2 aromatic carbocycles. The maximum Gasteiger partial charge on any atom is 0.272 e. The Kier molecular flexibility index (Phi) is 5.26. The molecule has 26 heavy (non-hydrogen) atoms. The van der Waals surface area contributed by atoms with Gasteiger partial charge in [0.15, 0.2) is 5.82 Å². The number of nitro benzene ring substituents is 1. The number of aryl methyl sites for hydroxylation is 2. The fraction of sp³-hybridized carbons (Fsp3) is 0.263. The number of hydrogen-bond acceptors (Lipinski definition) is 6. The molecule has 0 saturated heterocycles. The van der Waals surface area contributed by atoms with Crippen LogP contribution in [-0.2, 0) is 6.42 Å². The van der Waals surface area contributed by atoms with E-state index in [1.807, 2.05) is 30.3 Å². The SMILES string of the molecule is CCCc1nc(C(Nc2ccc([N+](=O)[O-])c(C)c2)c2ccccc2)no1. The van der Waals surface area contributed by atoms with Crippen LogP contribution in [0.15, 0.2) is 53.1 Å². The van der Waals surface area contributed by atoms with Gasteiger partial charge in [-0.15, -0.1) is 0 Å². The number of nitro groups is 1. The smallest absolute Gasteiger partial charge is 0.272 e. The van der Waals surface area contributed by atoms with Gasteiger partial charge in [0, 0.05) is 23.7 Å². The van der Waals surface area contributed by atoms with Crippen molar-refractivity contribution in [3.63, 3.8) is 0 Å². The molecule has 1 aromatic heterocycles. The molecule has 3 rings (SSSR count). The minimum absolute atomic E-state index is 0.0941. The molecule has 0 aliphatic carbocycles. The first kappa shape index (κ1) is 17.6. The summed E-state index contributed by atoms with van der Waals surface area (Å²) in [4.78, 5) is 15.1. The van der Waals surface area contributed by atoms with Crippen LogP contribution in [0, 0.1) is 17.0 Å². The quantitative estimate of drug-likeness (QED) is 0.499. The van der Waals surface area contributed by atoms with Crippen LogP contribution in [0.3, 0.4) is 0 Å². The van der Waals surface area contributed by atoms with Crippen molar-refractivity contribution < 1.29 is 9.45 Å². The topological polar surface area (TPSA) is 94.1 Å². The van der Waals surface area contributed by atoms with Crippen molar-refractivity contribution in [3.05, 3.63) is 81.5 Å². The first-order chi connectivity index (χ1) is 12.6. The standard InChI is InChI=1S/C19H20N4O3/c1-3-7-17-21-19(22-26-17)18(14-8-5-4-6-9-14)20-15-10-11-16(23(24)25)13(2)12-15/h4-6,8-12,18,20H,3,7H2,1-2H3. The minimum Gasteiger partial charge on any atom is -0.371 e. The average molecular weight is 352 g/mol. The molecule has 0 fully saturated rings. The fourth-order valence-electron chi connectivity index (χ4n) is 2.76. The Morgan fingerprint density at radius 3 is 2.65 bits per heavy atom. The van der Waals surface area contributed by atoms with E-state index in [9.17, 15) is 10.1 Å². The zero-order chi connectivity index (χ0) is 18.5. The Morgan fingerprint density at radius 2 is 2.00 bits per heavy atom. The van der Waals surface area contributed by atoms with E-state index in [0.717, 1.165) is 24.1 Å². The van der Waals surface area contributed by atoms with Crippen molar-refractivity contribution in [1.29, 1.82) is 0 Å². The van der Waals surface area contributed by atoms with Crippen LogP contribution in [0.5, 0.6) is 0 Å². The third-order valence-electron chi connectivity index (χ3n) is 4.04. The van der Waals surface area contributed by atoms with Crippen molar-refractivity contribution in [2.24, 2.45) is 0 Å². The Bertz CT molecular complexity index is 893. The lowest BCUT2D eigenvalue weighted by atomic mass is 10.1. The highest BCUT2D eigenvalue weighted by Crippen LogP contribution is 2.28. The third kappa shape index (κ3) is 3.88. The van der Waals surface area contributed by atoms with Crippen LogP contribution in [-0.4, -0.2) is 15.1 Å². The summed E-state index contributed by atoms with van der Waals surface area (Å²) in [7, 11) is 0. The Hall–Kier alpha value is -3.22. The van der Waals surface area contributed by atoms with Gasteiger partial charge in [-0.2, -0.15) is 4.98 Å².